The first-order chi connectivity index (χ1) is 16.4. The van der Waals surface area contributed by atoms with Gasteiger partial charge < -0.3 is 17.0 Å². The molecule has 4 aromatic carbocycles. The van der Waals surface area contributed by atoms with Crippen LogP contribution in [-0.4, -0.2) is 16.1 Å². The predicted octanol–water partition coefficient (Wildman–Crippen LogP) is 4.31. The van der Waals surface area contributed by atoms with E-state index in [0.717, 1.165) is 0 Å². The van der Waals surface area contributed by atoms with Crippen LogP contribution in [0.2, 0.25) is 0 Å². The second kappa shape index (κ2) is 12.5. The molecule has 1 unspecified atom stereocenters. The summed E-state index contributed by atoms with van der Waals surface area (Å²) < 4.78 is 0.638. The minimum atomic E-state index is -1.98. The molecule has 1 saturated heterocycles. The zero-order chi connectivity index (χ0) is 22.3. The fraction of sp³-hybridized carbons (Fsp3) is 0.200. The second-order valence-electron chi connectivity index (χ2n) is 8.42. The lowest BCUT2D eigenvalue weighted by molar-refractivity contribution is -0.00000624. The van der Waals surface area contributed by atoms with E-state index in [9.17, 15) is 0 Å². The molecular formula is C30H30BrPS2. The van der Waals surface area contributed by atoms with Gasteiger partial charge in [0.2, 0.25) is 0 Å². The Morgan fingerprint density at radius 3 is 1.38 bits per heavy atom. The van der Waals surface area contributed by atoms with Crippen LogP contribution in [0.25, 0.3) is 0 Å². The Balaban J connectivity index is 0.00000274. The van der Waals surface area contributed by atoms with E-state index in [1.165, 1.54) is 45.8 Å². The summed E-state index contributed by atoms with van der Waals surface area (Å²) in [6, 6.07) is 45.4. The maximum absolute atomic E-state index is 2.38. The Labute approximate surface area is 224 Å². The first-order valence-electron chi connectivity index (χ1n) is 11.7. The topological polar surface area (TPSA) is 0 Å². The molecule has 174 valence electrons. The average molecular weight is 566 g/mol. The molecule has 4 aromatic rings. The molecule has 34 heavy (non-hydrogen) atoms. The van der Waals surface area contributed by atoms with Crippen LogP contribution in [0.1, 0.15) is 24.1 Å². The minimum Gasteiger partial charge on any atom is -1.00 e. The van der Waals surface area contributed by atoms with Gasteiger partial charge in [-0.25, -0.2) is 0 Å². The Morgan fingerprint density at radius 2 is 0.971 bits per heavy atom. The van der Waals surface area contributed by atoms with Crippen LogP contribution in [0.5, 0.6) is 0 Å². The SMILES string of the molecule is [Br-].c1ccc(C(CC2SCCCS2)[P+](c2ccccc2)(c2ccccc2)c2ccccc2)cc1. The van der Waals surface area contributed by atoms with Crippen molar-refractivity contribution in [1.29, 1.82) is 0 Å². The van der Waals surface area contributed by atoms with Crippen molar-refractivity contribution in [1.82, 2.24) is 0 Å². The largest absolute Gasteiger partial charge is 1.00 e. The quantitative estimate of drug-likeness (QED) is 0.307. The van der Waals surface area contributed by atoms with Gasteiger partial charge in [-0.15, -0.1) is 23.5 Å². The maximum Gasteiger partial charge on any atom is 0.119 e. The molecular weight excluding hydrogens is 535 g/mol. The third kappa shape index (κ3) is 5.34. The molecule has 0 aliphatic carbocycles. The van der Waals surface area contributed by atoms with Crippen molar-refractivity contribution in [3.8, 4) is 0 Å². The molecule has 0 spiro atoms. The van der Waals surface area contributed by atoms with E-state index in [4.69, 9.17) is 0 Å². The zero-order valence-corrected chi connectivity index (χ0v) is 23.3. The highest BCUT2D eigenvalue weighted by atomic mass is 79.9. The van der Waals surface area contributed by atoms with Crippen LogP contribution in [0, 0.1) is 0 Å². The van der Waals surface area contributed by atoms with Crippen LogP contribution in [0.15, 0.2) is 121 Å². The van der Waals surface area contributed by atoms with Crippen molar-refractivity contribution >= 4 is 46.7 Å². The first kappa shape index (κ1) is 25.6. The van der Waals surface area contributed by atoms with Gasteiger partial charge in [0.15, 0.2) is 0 Å². The van der Waals surface area contributed by atoms with E-state index in [0.29, 0.717) is 10.2 Å². The number of halogens is 1. The summed E-state index contributed by atoms with van der Waals surface area (Å²) in [5.74, 6) is 2.57. The minimum absolute atomic E-state index is 0. The van der Waals surface area contributed by atoms with Gasteiger partial charge in [-0.1, -0.05) is 84.9 Å². The average Bonchev–Trinajstić information content (AvgIpc) is 2.91. The molecule has 1 aliphatic rings. The summed E-state index contributed by atoms with van der Waals surface area (Å²) in [5.41, 5.74) is 1.89. The van der Waals surface area contributed by atoms with Crippen molar-refractivity contribution in [2.75, 3.05) is 11.5 Å². The van der Waals surface area contributed by atoms with Gasteiger partial charge in [0, 0.05) is 6.42 Å². The molecule has 1 atom stereocenters. The lowest BCUT2D eigenvalue weighted by Gasteiger charge is -2.37. The van der Waals surface area contributed by atoms with Crippen molar-refractivity contribution < 1.29 is 17.0 Å². The number of thioether (sulfide) groups is 2. The molecule has 0 bridgehead atoms. The molecule has 0 saturated carbocycles. The lowest BCUT2D eigenvalue weighted by atomic mass is 10.1. The summed E-state index contributed by atoms with van der Waals surface area (Å²) in [7, 11) is -1.98. The van der Waals surface area contributed by atoms with Crippen LogP contribution in [-0.2, 0) is 0 Å². The number of hydrogen-bond acceptors (Lipinski definition) is 2. The molecule has 5 rings (SSSR count). The third-order valence-electron chi connectivity index (χ3n) is 6.45. The third-order valence-corrected chi connectivity index (χ3v) is 14.2. The molecule has 1 aliphatic heterocycles. The smallest absolute Gasteiger partial charge is 0.119 e. The normalized spacial score (nSPS) is 15.3. The number of benzene rings is 4. The molecule has 0 N–H and O–H groups in total. The Bertz CT molecular complexity index is 1020. The molecule has 4 heteroatoms. The summed E-state index contributed by atoms with van der Waals surface area (Å²) in [5, 5.41) is 4.42. The Hall–Kier alpha value is -1.51. The number of rotatable bonds is 7. The van der Waals surface area contributed by atoms with Gasteiger partial charge in [0.1, 0.15) is 28.8 Å². The summed E-state index contributed by atoms with van der Waals surface area (Å²) in [4.78, 5) is 0. The van der Waals surface area contributed by atoms with Gasteiger partial charge in [-0.2, -0.15) is 0 Å². The van der Waals surface area contributed by atoms with Crippen LogP contribution >= 0.6 is 30.8 Å². The highest BCUT2D eigenvalue weighted by Crippen LogP contribution is 2.69. The van der Waals surface area contributed by atoms with Crippen molar-refractivity contribution in [2.45, 2.75) is 23.1 Å². The van der Waals surface area contributed by atoms with Gasteiger partial charge in [-0.05, 0) is 59.9 Å². The van der Waals surface area contributed by atoms with Gasteiger partial charge in [-0.3, -0.25) is 0 Å². The summed E-state index contributed by atoms with van der Waals surface area (Å²) in [6.45, 7) is 0. The van der Waals surface area contributed by atoms with Crippen molar-refractivity contribution in [3.63, 3.8) is 0 Å². The maximum atomic E-state index is 2.38. The molecule has 1 heterocycles. The fourth-order valence-corrected chi connectivity index (χ4v) is 13.3. The van der Waals surface area contributed by atoms with Crippen molar-refractivity contribution in [3.05, 3.63) is 127 Å². The second-order valence-corrected chi connectivity index (χ2v) is 15.0. The van der Waals surface area contributed by atoms with E-state index in [2.05, 4.69) is 145 Å². The Kier molecular flexibility index (Phi) is 9.37. The lowest BCUT2D eigenvalue weighted by Crippen LogP contribution is -3.00. The molecule has 0 amide bonds. The molecule has 0 radical (unpaired) electrons. The van der Waals surface area contributed by atoms with Crippen LogP contribution < -0.4 is 32.9 Å². The summed E-state index contributed by atoms with van der Waals surface area (Å²) in [6.07, 6.45) is 2.52. The standard InChI is InChI=1S/C30H30PS2.BrH/c1-5-14-25(15-6-1)29(24-30-32-22-13-23-33-30)31(26-16-7-2-8-17-26,27-18-9-3-10-19-27)28-20-11-4-12-21-28;/h1-12,14-21,29-30H,13,22-24H2;1H/q+1;/p-1. The van der Waals surface area contributed by atoms with E-state index in [1.807, 2.05) is 0 Å². The van der Waals surface area contributed by atoms with Crippen LogP contribution in [0.4, 0.5) is 0 Å². The monoisotopic (exact) mass is 564 g/mol. The van der Waals surface area contributed by atoms with Gasteiger partial charge in [0.25, 0.3) is 0 Å². The predicted molar refractivity (Wildman–Crippen MR) is 152 cm³/mol. The fourth-order valence-electron chi connectivity index (χ4n) is 5.02. The van der Waals surface area contributed by atoms with E-state index >= 15 is 0 Å². The molecule has 0 aromatic heterocycles. The van der Waals surface area contributed by atoms with E-state index in [1.54, 1.807) is 0 Å². The van der Waals surface area contributed by atoms with Crippen LogP contribution in [0.3, 0.4) is 0 Å². The number of hydrogen-bond donors (Lipinski definition) is 0. The van der Waals surface area contributed by atoms with Gasteiger partial charge in [0.05, 0.1) is 4.58 Å². The molecule has 1 fully saturated rings. The zero-order valence-electron chi connectivity index (χ0n) is 19.2. The van der Waals surface area contributed by atoms with Crippen molar-refractivity contribution in [2.24, 2.45) is 0 Å². The highest BCUT2D eigenvalue weighted by molar-refractivity contribution is 8.17. The summed E-state index contributed by atoms with van der Waals surface area (Å²) >= 11 is 4.34. The molecule has 0 nitrogen and oxygen atoms in total. The highest BCUT2D eigenvalue weighted by Gasteiger charge is 2.53. The van der Waals surface area contributed by atoms with E-state index < -0.39 is 7.26 Å². The van der Waals surface area contributed by atoms with E-state index in [-0.39, 0.29) is 17.0 Å². The first-order valence-corrected chi connectivity index (χ1v) is 15.7. The van der Waals surface area contributed by atoms with Gasteiger partial charge >= 0.3 is 0 Å². The Morgan fingerprint density at radius 1 is 0.588 bits per heavy atom.